The van der Waals surface area contributed by atoms with Gasteiger partial charge in [0, 0.05) is 57.5 Å². The van der Waals surface area contributed by atoms with Crippen molar-refractivity contribution in [3.05, 3.63) is 30.1 Å². The summed E-state index contributed by atoms with van der Waals surface area (Å²) in [4.78, 5) is 19.9. The Labute approximate surface area is 137 Å². The van der Waals surface area contributed by atoms with Crippen LogP contribution in [0.15, 0.2) is 24.5 Å². The molecule has 0 bridgehead atoms. The van der Waals surface area contributed by atoms with Gasteiger partial charge in [-0.25, -0.2) is 0 Å². The number of likely N-dealkylation sites (N-methyl/N-ethyl adjacent to an activating group) is 1. The zero-order chi connectivity index (χ0) is 16.3. The van der Waals surface area contributed by atoms with Gasteiger partial charge in [-0.3, -0.25) is 14.7 Å². The van der Waals surface area contributed by atoms with E-state index in [9.17, 15) is 4.79 Å². The number of carbonyl (C=O) groups excluding carboxylic acids is 1. The van der Waals surface area contributed by atoms with Crippen molar-refractivity contribution in [1.82, 2.24) is 14.8 Å². The lowest BCUT2D eigenvalue weighted by molar-refractivity contribution is -0.135. The second-order valence-electron chi connectivity index (χ2n) is 6.89. The Morgan fingerprint density at radius 3 is 3.17 bits per heavy atom. The molecule has 126 valence electrons. The van der Waals surface area contributed by atoms with E-state index in [1.165, 1.54) is 5.56 Å². The maximum atomic E-state index is 11.7. The second kappa shape index (κ2) is 6.95. The summed E-state index contributed by atoms with van der Waals surface area (Å²) in [5.74, 6) is 0.482. The standard InChI is InChI=1S/C17H25N3O3/c1-19(2)16(21)10-23-13-17-11-20(8-15(17)9-22-12-17)7-14-4-3-5-18-6-14/h3-6,15H,7-13H2,1-2H3/t15-,17+/m1/s1. The predicted octanol–water partition coefficient (Wildman–Crippen LogP) is 0.635. The maximum absolute atomic E-state index is 11.7. The van der Waals surface area contributed by atoms with Crippen LogP contribution in [0.3, 0.4) is 0 Å². The lowest BCUT2D eigenvalue weighted by Crippen LogP contribution is -2.37. The number of pyridine rings is 1. The molecule has 3 heterocycles. The van der Waals surface area contributed by atoms with Gasteiger partial charge in [-0.1, -0.05) is 6.07 Å². The molecule has 1 aromatic heterocycles. The molecule has 3 rings (SSSR count). The number of hydrogen-bond donors (Lipinski definition) is 0. The molecule has 0 unspecified atom stereocenters. The lowest BCUT2D eigenvalue weighted by Gasteiger charge is -2.27. The summed E-state index contributed by atoms with van der Waals surface area (Å²) in [5.41, 5.74) is 1.25. The van der Waals surface area contributed by atoms with Crippen LogP contribution in [0.4, 0.5) is 0 Å². The zero-order valence-corrected chi connectivity index (χ0v) is 13.9. The Morgan fingerprint density at radius 1 is 1.57 bits per heavy atom. The van der Waals surface area contributed by atoms with Crippen LogP contribution in [0.2, 0.25) is 0 Å². The smallest absolute Gasteiger partial charge is 0.248 e. The summed E-state index contributed by atoms with van der Waals surface area (Å²) >= 11 is 0. The first-order valence-electron chi connectivity index (χ1n) is 8.06. The Kier molecular flexibility index (Phi) is 4.94. The quantitative estimate of drug-likeness (QED) is 0.770. The topological polar surface area (TPSA) is 54.9 Å². The summed E-state index contributed by atoms with van der Waals surface area (Å²) in [7, 11) is 3.49. The fourth-order valence-corrected chi connectivity index (χ4v) is 3.49. The Balaban J connectivity index is 1.56. The molecule has 23 heavy (non-hydrogen) atoms. The van der Waals surface area contributed by atoms with Gasteiger partial charge >= 0.3 is 0 Å². The van der Waals surface area contributed by atoms with E-state index in [-0.39, 0.29) is 17.9 Å². The molecule has 0 saturated carbocycles. The van der Waals surface area contributed by atoms with Crippen molar-refractivity contribution in [2.24, 2.45) is 11.3 Å². The van der Waals surface area contributed by atoms with Gasteiger partial charge in [0.15, 0.2) is 0 Å². The van der Waals surface area contributed by atoms with Crippen LogP contribution in [-0.4, -0.2) is 74.3 Å². The number of hydrogen-bond acceptors (Lipinski definition) is 5. The molecule has 2 fully saturated rings. The highest BCUT2D eigenvalue weighted by Crippen LogP contribution is 2.41. The summed E-state index contributed by atoms with van der Waals surface area (Å²) in [6, 6.07) is 4.08. The van der Waals surface area contributed by atoms with Crippen LogP contribution in [0, 0.1) is 11.3 Å². The minimum absolute atomic E-state index is 0.00192. The summed E-state index contributed by atoms with van der Waals surface area (Å²) < 4.78 is 11.4. The lowest BCUT2D eigenvalue weighted by atomic mass is 9.82. The molecule has 0 aliphatic carbocycles. The molecular formula is C17H25N3O3. The largest absolute Gasteiger partial charge is 0.380 e. The summed E-state index contributed by atoms with van der Waals surface area (Å²) in [5, 5.41) is 0. The van der Waals surface area contributed by atoms with E-state index in [1.807, 2.05) is 12.3 Å². The van der Waals surface area contributed by atoms with Crippen molar-refractivity contribution in [2.75, 3.05) is 53.6 Å². The van der Waals surface area contributed by atoms with E-state index < -0.39 is 0 Å². The van der Waals surface area contributed by atoms with Gasteiger partial charge in [0.2, 0.25) is 5.91 Å². The van der Waals surface area contributed by atoms with Crippen LogP contribution >= 0.6 is 0 Å². The normalized spacial score (nSPS) is 27.1. The molecule has 2 atom stereocenters. The number of rotatable bonds is 6. The molecule has 2 aliphatic rings. The van der Waals surface area contributed by atoms with Gasteiger partial charge in [0.1, 0.15) is 6.61 Å². The Morgan fingerprint density at radius 2 is 2.43 bits per heavy atom. The average molecular weight is 319 g/mol. The predicted molar refractivity (Wildman–Crippen MR) is 85.8 cm³/mol. The molecule has 1 amide bonds. The van der Waals surface area contributed by atoms with Crippen LogP contribution in [-0.2, 0) is 20.8 Å². The van der Waals surface area contributed by atoms with Gasteiger partial charge in [0.25, 0.3) is 0 Å². The van der Waals surface area contributed by atoms with E-state index >= 15 is 0 Å². The van der Waals surface area contributed by atoms with Crippen molar-refractivity contribution in [1.29, 1.82) is 0 Å². The fraction of sp³-hybridized carbons (Fsp3) is 0.647. The van der Waals surface area contributed by atoms with E-state index in [0.29, 0.717) is 12.5 Å². The van der Waals surface area contributed by atoms with E-state index in [1.54, 1.807) is 25.2 Å². The molecule has 0 aromatic carbocycles. The molecule has 1 aromatic rings. The number of amides is 1. The third kappa shape index (κ3) is 3.71. The van der Waals surface area contributed by atoms with Crippen LogP contribution < -0.4 is 0 Å². The highest BCUT2D eigenvalue weighted by Gasteiger charge is 2.50. The summed E-state index contributed by atoms with van der Waals surface area (Å²) in [6.45, 7) is 5.10. The zero-order valence-electron chi connectivity index (χ0n) is 13.9. The number of aromatic nitrogens is 1. The molecule has 0 N–H and O–H groups in total. The SMILES string of the molecule is CN(C)C(=O)COC[C@]12COC[C@H]1CN(Cc1cccnc1)C2. The second-order valence-corrected chi connectivity index (χ2v) is 6.89. The van der Waals surface area contributed by atoms with Gasteiger partial charge in [-0.2, -0.15) is 0 Å². The van der Waals surface area contributed by atoms with E-state index in [2.05, 4.69) is 16.0 Å². The number of ether oxygens (including phenoxy) is 2. The maximum Gasteiger partial charge on any atom is 0.248 e. The van der Waals surface area contributed by atoms with Crippen LogP contribution in [0.25, 0.3) is 0 Å². The van der Waals surface area contributed by atoms with Gasteiger partial charge in [-0.15, -0.1) is 0 Å². The van der Waals surface area contributed by atoms with Crippen molar-refractivity contribution in [2.45, 2.75) is 6.54 Å². The number of carbonyl (C=O) groups is 1. The van der Waals surface area contributed by atoms with Gasteiger partial charge < -0.3 is 14.4 Å². The van der Waals surface area contributed by atoms with Crippen molar-refractivity contribution in [3.8, 4) is 0 Å². The highest BCUT2D eigenvalue weighted by molar-refractivity contribution is 5.76. The minimum atomic E-state index is 0.00192. The van der Waals surface area contributed by atoms with E-state index in [0.717, 1.165) is 32.8 Å². The van der Waals surface area contributed by atoms with Crippen molar-refractivity contribution >= 4 is 5.91 Å². The number of nitrogens with zero attached hydrogens (tertiary/aromatic N) is 3. The van der Waals surface area contributed by atoms with Gasteiger partial charge in [-0.05, 0) is 11.6 Å². The fourth-order valence-electron chi connectivity index (χ4n) is 3.49. The molecular weight excluding hydrogens is 294 g/mol. The molecule has 2 saturated heterocycles. The minimum Gasteiger partial charge on any atom is -0.380 e. The Bertz CT molecular complexity index is 537. The summed E-state index contributed by atoms with van der Waals surface area (Å²) in [6.07, 6.45) is 3.72. The number of likely N-dealkylation sites (tertiary alicyclic amines) is 1. The average Bonchev–Trinajstić information content (AvgIpc) is 3.04. The van der Waals surface area contributed by atoms with E-state index in [4.69, 9.17) is 9.47 Å². The molecule has 0 radical (unpaired) electrons. The number of fused-ring (bicyclic) bond motifs is 1. The Hall–Kier alpha value is -1.50. The molecule has 6 nitrogen and oxygen atoms in total. The molecule has 0 spiro atoms. The van der Waals surface area contributed by atoms with Gasteiger partial charge in [0.05, 0.1) is 19.8 Å². The third-order valence-corrected chi connectivity index (χ3v) is 4.83. The first-order chi connectivity index (χ1) is 11.1. The van der Waals surface area contributed by atoms with Crippen LogP contribution in [0.1, 0.15) is 5.56 Å². The first-order valence-corrected chi connectivity index (χ1v) is 8.06. The van der Waals surface area contributed by atoms with Crippen LogP contribution in [0.5, 0.6) is 0 Å². The first kappa shape index (κ1) is 16.4. The molecule has 6 heteroatoms. The molecule has 2 aliphatic heterocycles. The highest BCUT2D eigenvalue weighted by atomic mass is 16.5. The third-order valence-electron chi connectivity index (χ3n) is 4.83. The van der Waals surface area contributed by atoms with Crippen molar-refractivity contribution in [3.63, 3.8) is 0 Å². The monoisotopic (exact) mass is 319 g/mol. The van der Waals surface area contributed by atoms with Crippen molar-refractivity contribution < 1.29 is 14.3 Å².